The molecule has 0 spiro atoms. The summed E-state index contributed by atoms with van der Waals surface area (Å²) in [6.07, 6.45) is -3.40. The Kier molecular flexibility index (Phi) is 16.7. The standard InChI is InChI=1S/2C2H7NO4.Cu/c2*4-2(5)1-3(6)7;/h2*2,4-7H,1H2;. The van der Waals surface area contributed by atoms with Crippen LogP contribution in [-0.4, -0.2) is 77.4 Å². The molecule has 0 heterocycles. The predicted molar refractivity (Wildman–Crippen MR) is 37.0 cm³/mol. The minimum atomic E-state index is -1.70. The fraction of sp³-hybridized carbons (Fsp3) is 1.00. The Morgan fingerprint density at radius 2 is 0.867 bits per heavy atom. The van der Waals surface area contributed by atoms with Crippen molar-refractivity contribution in [2.24, 2.45) is 0 Å². The molecule has 0 aromatic heterocycles. The SMILES string of the molecule is OC(O)CN(O)O.OC(O)CN(O)O.[Cu]. The Labute approximate surface area is 95.1 Å². The first-order chi connectivity index (χ1) is 6.25. The van der Waals surface area contributed by atoms with Crippen molar-refractivity contribution in [1.82, 2.24) is 10.5 Å². The molecule has 0 aliphatic rings. The van der Waals surface area contributed by atoms with Crippen LogP contribution in [0.3, 0.4) is 0 Å². The molecule has 0 rings (SSSR count). The summed E-state index contributed by atoms with van der Waals surface area (Å²) in [5.41, 5.74) is 0. The van der Waals surface area contributed by atoms with Crippen LogP contribution in [0.25, 0.3) is 0 Å². The first-order valence-electron chi connectivity index (χ1n) is 3.28. The van der Waals surface area contributed by atoms with E-state index >= 15 is 0 Å². The van der Waals surface area contributed by atoms with Gasteiger partial charge in [0, 0.05) is 17.1 Å². The number of aliphatic hydroxyl groups excluding tert-OH is 2. The van der Waals surface area contributed by atoms with E-state index in [-0.39, 0.29) is 27.5 Å². The Balaban J connectivity index is -0.000000180. The predicted octanol–water partition coefficient (Wildman–Crippen LogP) is -3.25. The number of hydrogen-bond donors (Lipinski definition) is 8. The quantitative estimate of drug-likeness (QED) is 0.149. The average Bonchev–Trinajstić information content (AvgIpc) is 1.79. The first-order valence-corrected chi connectivity index (χ1v) is 3.28. The van der Waals surface area contributed by atoms with Gasteiger partial charge in [0.2, 0.25) is 0 Å². The molecular weight excluding hydrogens is 268 g/mol. The van der Waals surface area contributed by atoms with Crippen LogP contribution in [0, 0.1) is 0 Å². The summed E-state index contributed by atoms with van der Waals surface area (Å²) in [5, 5.41) is 62.2. The Hall–Kier alpha value is 0.119. The Bertz CT molecular complexity index is 97.2. The van der Waals surface area contributed by atoms with E-state index < -0.39 is 25.7 Å². The van der Waals surface area contributed by atoms with Gasteiger partial charge in [0.05, 0.1) is 0 Å². The molecule has 15 heavy (non-hydrogen) atoms. The molecule has 0 unspecified atom stereocenters. The first kappa shape index (κ1) is 20.5. The molecule has 99 valence electrons. The molecule has 0 bridgehead atoms. The van der Waals surface area contributed by atoms with E-state index in [0.717, 1.165) is 0 Å². The maximum absolute atomic E-state index is 7.92. The number of hydroxylamine groups is 4. The summed E-state index contributed by atoms with van der Waals surface area (Å²) in [7, 11) is 0. The van der Waals surface area contributed by atoms with Gasteiger partial charge in [-0.2, -0.15) is 0 Å². The van der Waals surface area contributed by atoms with Gasteiger partial charge in [-0.05, 0) is 0 Å². The van der Waals surface area contributed by atoms with E-state index in [1.165, 1.54) is 0 Å². The van der Waals surface area contributed by atoms with Crippen LogP contribution in [-0.2, 0) is 17.1 Å². The monoisotopic (exact) mass is 281 g/mol. The van der Waals surface area contributed by atoms with E-state index in [1.54, 1.807) is 0 Å². The van der Waals surface area contributed by atoms with Crippen LogP contribution >= 0.6 is 0 Å². The zero-order chi connectivity index (χ0) is 11.7. The van der Waals surface area contributed by atoms with E-state index in [2.05, 4.69) is 0 Å². The van der Waals surface area contributed by atoms with Gasteiger partial charge in [-0.3, -0.25) is 20.8 Å². The second-order valence-corrected chi connectivity index (χ2v) is 2.07. The van der Waals surface area contributed by atoms with E-state index in [1.807, 2.05) is 0 Å². The summed E-state index contributed by atoms with van der Waals surface area (Å²) in [4.78, 5) is 0. The number of rotatable bonds is 4. The van der Waals surface area contributed by atoms with Crippen molar-refractivity contribution in [3.05, 3.63) is 0 Å². The van der Waals surface area contributed by atoms with E-state index in [9.17, 15) is 0 Å². The summed E-state index contributed by atoms with van der Waals surface area (Å²) in [5.74, 6) is 0. The van der Waals surface area contributed by atoms with Crippen LogP contribution in [0.5, 0.6) is 0 Å². The maximum Gasteiger partial charge on any atom is 0.169 e. The van der Waals surface area contributed by atoms with Gasteiger partial charge in [0.1, 0.15) is 13.1 Å². The number of aliphatic hydroxyl groups is 4. The van der Waals surface area contributed by atoms with Crippen molar-refractivity contribution in [2.75, 3.05) is 13.1 Å². The van der Waals surface area contributed by atoms with Gasteiger partial charge >= 0.3 is 0 Å². The summed E-state index contributed by atoms with van der Waals surface area (Å²) in [6.45, 7) is -1.17. The van der Waals surface area contributed by atoms with Gasteiger partial charge in [0.25, 0.3) is 0 Å². The second kappa shape index (κ2) is 12.2. The molecule has 11 heteroatoms. The second-order valence-electron chi connectivity index (χ2n) is 2.07. The fourth-order valence-corrected chi connectivity index (χ4v) is 0.292. The van der Waals surface area contributed by atoms with Gasteiger partial charge in [-0.15, -0.1) is 0 Å². The largest absolute Gasteiger partial charge is 0.367 e. The van der Waals surface area contributed by atoms with Crippen LogP contribution in [0.15, 0.2) is 0 Å². The molecule has 0 saturated heterocycles. The van der Waals surface area contributed by atoms with Gasteiger partial charge in [-0.25, -0.2) is 0 Å². The van der Waals surface area contributed by atoms with Crippen molar-refractivity contribution in [1.29, 1.82) is 0 Å². The normalized spacial score (nSPS) is 10.4. The molecule has 0 amide bonds. The van der Waals surface area contributed by atoms with Crippen molar-refractivity contribution < 1.29 is 58.3 Å². The molecular formula is C4H14CuN2O8. The Morgan fingerprint density at radius 1 is 0.667 bits per heavy atom. The molecule has 1 radical (unpaired) electrons. The molecule has 8 N–H and O–H groups in total. The van der Waals surface area contributed by atoms with E-state index in [4.69, 9.17) is 41.3 Å². The average molecular weight is 282 g/mol. The van der Waals surface area contributed by atoms with Gasteiger partial charge < -0.3 is 20.4 Å². The fourth-order valence-electron chi connectivity index (χ4n) is 0.292. The summed E-state index contributed by atoms with van der Waals surface area (Å²) < 4.78 is 0. The van der Waals surface area contributed by atoms with Gasteiger partial charge in [-0.1, -0.05) is 10.5 Å². The molecule has 0 aromatic carbocycles. The van der Waals surface area contributed by atoms with Crippen molar-refractivity contribution in [3.63, 3.8) is 0 Å². The topological polar surface area (TPSA) is 168 Å². The third-order valence-electron chi connectivity index (χ3n) is 0.653. The molecule has 0 aliphatic heterocycles. The molecule has 0 aliphatic carbocycles. The maximum atomic E-state index is 7.92. The third kappa shape index (κ3) is 31.5. The number of nitrogens with zero attached hydrogens (tertiary/aromatic N) is 2. The van der Waals surface area contributed by atoms with Crippen LogP contribution < -0.4 is 0 Å². The van der Waals surface area contributed by atoms with Crippen LogP contribution in [0.1, 0.15) is 0 Å². The molecule has 0 saturated carbocycles. The van der Waals surface area contributed by atoms with Crippen LogP contribution in [0.2, 0.25) is 0 Å². The minimum absolute atomic E-state index is 0. The Morgan fingerprint density at radius 3 is 0.867 bits per heavy atom. The molecule has 10 nitrogen and oxygen atoms in total. The minimum Gasteiger partial charge on any atom is -0.367 e. The summed E-state index contributed by atoms with van der Waals surface area (Å²) >= 11 is 0. The smallest absolute Gasteiger partial charge is 0.169 e. The third-order valence-corrected chi connectivity index (χ3v) is 0.653. The van der Waals surface area contributed by atoms with Crippen LogP contribution in [0.4, 0.5) is 0 Å². The zero-order valence-electron chi connectivity index (χ0n) is 7.34. The molecule has 0 aromatic rings. The van der Waals surface area contributed by atoms with Crippen molar-refractivity contribution in [3.8, 4) is 0 Å². The van der Waals surface area contributed by atoms with Gasteiger partial charge in [0.15, 0.2) is 12.6 Å². The van der Waals surface area contributed by atoms with Crippen molar-refractivity contribution >= 4 is 0 Å². The molecule has 0 atom stereocenters. The number of hydrogen-bond acceptors (Lipinski definition) is 10. The summed E-state index contributed by atoms with van der Waals surface area (Å²) in [6, 6.07) is 0. The zero-order valence-corrected chi connectivity index (χ0v) is 8.28. The molecule has 0 fully saturated rings. The van der Waals surface area contributed by atoms with Crippen molar-refractivity contribution in [2.45, 2.75) is 12.6 Å². The van der Waals surface area contributed by atoms with E-state index in [0.29, 0.717) is 0 Å².